The lowest BCUT2D eigenvalue weighted by molar-refractivity contribution is -0.127. The standard InChI is InChI=1S/C22H25N5O2/c1-15(2)20(27-14-16-8-3-4-9-17(16)22(27)29)21(28)23-12-7-11-19-25-24-18-10-5-6-13-26(18)19/h3-6,8-10,13,15,20H,7,11-12,14H2,1-2H3,(H,23,28)/t20-/m1/s1. The number of fused-ring (bicyclic) bond motifs is 2. The molecular weight excluding hydrogens is 366 g/mol. The molecule has 0 fully saturated rings. The van der Waals surface area contributed by atoms with Crippen LogP contribution in [0.1, 0.15) is 42.0 Å². The summed E-state index contributed by atoms with van der Waals surface area (Å²) in [5.74, 6) is 0.728. The Hall–Kier alpha value is -3.22. The van der Waals surface area contributed by atoms with E-state index in [2.05, 4.69) is 15.5 Å². The van der Waals surface area contributed by atoms with E-state index in [9.17, 15) is 9.59 Å². The van der Waals surface area contributed by atoms with Gasteiger partial charge in [-0.2, -0.15) is 0 Å². The van der Waals surface area contributed by atoms with Crippen molar-refractivity contribution in [2.45, 2.75) is 39.3 Å². The summed E-state index contributed by atoms with van der Waals surface area (Å²) in [5, 5.41) is 11.4. The molecule has 2 amide bonds. The van der Waals surface area contributed by atoms with E-state index in [0.717, 1.165) is 23.5 Å². The zero-order valence-corrected chi connectivity index (χ0v) is 16.7. The first-order chi connectivity index (χ1) is 14.1. The van der Waals surface area contributed by atoms with Gasteiger partial charge in [-0.1, -0.05) is 38.1 Å². The number of carbonyl (C=O) groups is 2. The second-order valence-electron chi connectivity index (χ2n) is 7.72. The first-order valence-electron chi connectivity index (χ1n) is 10.0. The summed E-state index contributed by atoms with van der Waals surface area (Å²) in [6.07, 6.45) is 3.40. The van der Waals surface area contributed by atoms with Crippen molar-refractivity contribution in [3.05, 3.63) is 65.6 Å². The maximum atomic E-state index is 12.9. The minimum atomic E-state index is -0.483. The SMILES string of the molecule is CC(C)[C@H](C(=O)NCCCc1nnc2ccccn12)N1Cc2ccccc2C1=O. The van der Waals surface area contributed by atoms with Crippen LogP contribution >= 0.6 is 0 Å². The molecule has 0 saturated heterocycles. The number of benzene rings is 1. The predicted octanol–water partition coefficient (Wildman–Crippen LogP) is 2.46. The van der Waals surface area contributed by atoms with Crippen LogP contribution in [0.2, 0.25) is 0 Å². The molecule has 7 heteroatoms. The number of carbonyl (C=O) groups excluding carboxylic acids is 2. The molecule has 29 heavy (non-hydrogen) atoms. The summed E-state index contributed by atoms with van der Waals surface area (Å²) in [6.45, 7) is 4.96. The second kappa shape index (κ2) is 8.03. The minimum absolute atomic E-state index is 0.0219. The van der Waals surface area contributed by atoms with Gasteiger partial charge in [0.2, 0.25) is 5.91 Å². The van der Waals surface area contributed by atoms with Crippen LogP contribution in [-0.2, 0) is 17.8 Å². The van der Waals surface area contributed by atoms with Gasteiger partial charge in [0, 0.05) is 31.3 Å². The van der Waals surface area contributed by atoms with Gasteiger partial charge in [-0.25, -0.2) is 0 Å². The van der Waals surface area contributed by atoms with Gasteiger partial charge in [-0.05, 0) is 36.1 Å². The number of rotatable bonds is 7. The third kappa shape index (κ3) is 3.72. The normalized spacial score (nSPS) is 14.4. The molecule has 2 aromatic heterocycles. The summed E-state index contributed by atoms with van der Waals surface area (Å²) in [4.78, 5) is 27.4. The molecule has 1 atom stereocenters. The van der Waals surface area contributed by atoms with Gasteiger partial charge in [-0.15, -0.1) is 10.2 Å². The van der Waals surface area contributed by atoms with Crippen LogP contribution in [0, 0.1) is 5.92 Å². The Morgan fingerprint density at radius 3 is 2.72 bits per heavy atom. The zero-order valence-electron chi connectivity index (χ0n) is 16.7. The fourth-order valence-electron chi connectivity index (χ4n) is 3.93. The highest BCUT2D eigenvalue weighted by Gasteiger charge is 2.37. The van der Waals surface area contributed by atoms with Gasteiger partial charge < -0.3 is 10.2 Å². The molecule has 1 aliphatic rings. The van der Waals surface area contributed by atoms with Gasteiger partial charge in [-0.3, -0.25) is 14.0 Å². The largest absolute Gasteiger partial charge is 0.354 e. The van der Waals surface area contributed by atoms with Crippen molar-refractivity contribution in [2.24, 2.45) is 5.92 Å². The first kappa shape index (κ1) is 19.1. The summed E-state index contributed by atoms with van der Waals surface area (Å²) < 4.78 is 1.96. The zero-order chi connectivity index (χ0) is 20.4. The monoisotopic (exact) mass is 391 g/mol. The Morgan fingerprint density at radius 2 is 1.93 bits per heavy atom. The van der Waals surface area contributed by atoms with E-state index in [4.69, 9.17) is 0 Å². The summed E-state index contributed by atoms with van der Waals surface area (Å²) in [6, 6.07) is 12.9. The Balaban J connectivity index is 1.36. The van der Waals surface area contributed by atoms with E-state index in [1.807, 2.05) is 66.9 Å². The van der Waals surface area contributed by atoms with Crippen molar-refractivity contribution in [2.75, 3.05) is 6.54 Å². The van der Waals surface area contributed by atoms with E-state index >= 15 is 0 Å². The molecule has 1 N–H and O–H groups in total. The highest BCUT2D eigenvalue weighted by Crippen LogP contribution is 2.27. The van der Waals surface area contributed by atoms with E-state index in [-0.39, 0.29) is 17.7 Å². The average molecular weight is 391 g/mol. The van der Waals surface area contributed by atoms with Gasteiger partial charge in [0.1, 0.15) is 11.9 Å². The summed E-state index contributed by atoms with van der Waals surface area (Å²) in [7, 11) is 0. The number of nitrogens with one attached hydrogen (secondary N) is 1. The number of hydrogen-bond donors (Lipinski definition) is 1. The van der Waals surface area contributed by atoms with Crippen LogP contribution in [0.4, 0.5) is 0 Å². The lowest BCUT2D eigenvalue weighted by atomic mass is 10.0. The van der Waals surface area contributed by atoms with Crippen LogP contribution in [0.15, 0.2) is 48.7 Å². The molecule has 4 rings (SSSR count). The predicted molar refractivity (Wildman–Crippen MR) is 109 cm³/mol. The maximum Gasteiger partial charge on any atom is 0.255 e. The van der Waals surface area contributed by atoms with E-state index in [0.29, 0.717) is 25.1 Å². The van der Waals surface area contributed by atoms with Crippen LogP contribution in [-0.4, -0.2) is 43.9 Å². The molecule has 1 aromatic carbocycles. The number of pyridine rings is 1. The van der Waals surface area contributed by atoms with E-state index in [1.54, 1.807) is 4.90 Å². The molecule has 0 radical (unpaired) electrons. The average Bonchev–Trinajstić information content (AvgIpc) is 3.27. The quantitative estimate of drug-likeness (QED) is 0.628. The molecule has 3 heterocycles. The van der Waals surface area contributed by atoms with Crippen LogP contribution in [0.25, 0.3) is 5.65 Å². The van der Waals surface area contributed by atoms with Crippen molar-refractivity contribution in [1.82, 2.24) is 24.8 Å². The van der Waals surface area contributed by atoms with Gasteiger partial charge in [0.05, 0.1) is 0 Å². The van der Waals surface area contributed by atoms with E-state index < -0.39 is 6.04 Å². The van der Waals surface area contributed by atoms with Crippen LogP contribution in [0.5, 0.6) is 0 Å². The maximum absolute atomic E-state index is 12.9. The lowest BCUT2D eigenvalue weighted by Gasteiger charge is -2.29. The summed E-state index contributed by atoms with van der Waals surface area (Å²) >= 11 is 0. The smallest absolute Gasteiger partial charge is 0.255 e. The molecule has 0 saturated carbocycles. The van der Waals surface area contributed by atoms with Crippen molar-refractivity contribution in [3.8, 4) is 0 Å². The van der Waals surface area contributed by atoms with Crippen LogP contribution < -0.4 is 5.32 Å². The number of aromatic nitrogens is 3. The van der Waals surface area contributed by atoms with Gasteiger partial charge in [0.25, 0.3) is 5.91 Å². The third-order valence-corrected chi connectivity index (χ3v) is 5.35. The first-order valence-corrected chi connectivity index (χ1v) is 10.0. The van der Waals surface area contributed by atoms with E-state index in [1.165, 1.54) is 0 Å². The van der Waals surface area contributed by atoms with Crippen molar-refractivity contribution in [1.29, 1.82) is 0 Å². The molecule has 150 valence electrons. The molecule has 0 aliphatic carbocycles. The highest BCUT2D eigenvalue weighted by molar-refractivity contribution is 6.01. The number of nitrogens with zero attached hydrogens (tertiary/aromatic N) is 4. The Bertz CT molecular complexity index is 1040. The van der Waals surface area contributed by atoms with Gasteiger partial charge in [0.15, 0.2) is 5.65 Å². The molecule has 0 bridgehead atoms. The second-order valence-corrected chi connectivity index (χ2v) is 7.72. The Kier molecular flexibility index (Phi) is 5.29. The highest BCUT2D eigenvalue weighted by atomic mass is 16.2. The molecule has 7 nitrogen and oxygen atoms in total. The minimum Gasteiger partial charge on any atom is -0.354 e. The number of amides is 2. The molecule has 3 aromatic rings. The number of hydrogen-bond acceptors (Lipinski definition) is 4. The molecule has 0 unspecified atom stereocenters. The number of aryl methyl sites for hydroxylation is 1. The molecule has 1 aliphatic heterocycles. The third-order valence-electron chi connectivity index (χ3n) is 5.35. The van der Waals surface area contributed by atoms with Crippen molar-refractivity contribution in [3.63, 3.8) is 0 Å². The molecule has 0 spiro atoms. The van der Waals surface area contributed by atoms with Crippen molar-refractivity contribution >= 4 is 17.5 Å². The topological polar surface area (TPSA) is 79.6 Å². The summed E-state index contributed by atoms with van der Waals surface area (Å²) in [5.41, 5.74) is 2.50. The molecular formula is C22H25N5O2. The Labute approximate surface area is 169 Å². The van der Waals surface area contributed by atoms with Gasteiger partial charge >= 0.3 is 0 Å². The van der Waals surface area contributed by atoms with Crippen molar-refractivity contribution < 1.29 is 9.59 Å². The fraction of sp³-hybridized carbons (Fsp3) is 0.364. The Morgan fingerprint density at radius 1 is 1.14 bits per heavy atom. The van der Waals surface area contributed by atoms with Crippen LogP contribution in [0.3, 0.4) is 0 Å². The lowest BCUT2D eigenvalue weighted by Crippen LogP contribution is -2.50. The fourth-order valence-corrected chi connectivity index (χ4v) is 3.93.